The van der Waals surface area contributed by atoms with Crippen LogP contribution in [0.3, 0.4) is 0 Å². The third-order valence-electron chi connectivity index (χ3n) is 4.99. The molecule has 1 aromatic carbocycles. The highest BCUT2D eigenvalue weighted by Crippen LogP contribution is 2.21. The minimum absolute atomic E-state index is 0.0152. The largest absolute Gasteiger partial charge is 0.368 e. The van der Waals surface area contributed by atoms with Crippen LogP contribution in [-0.2, 0) is 0 Å². The molecule has 0 saturated carbocycles. The Bertz CT molecular complexity index is 785. The van der Waals surface area contributed by atoms with E-state index in [4.69, 9.17) is 11.6 Å². The average Bonchev–Trinajstić information content (AvgIpc) is 3.23. The fraction of sp³-hybridized carbons (Fsp3) is 0.421. The number of piperazine rings is 1. The van der Waals surface area contributed by atoms with Gasteiger partial charge in [-0.1, -0.05) is 17.7 Å². The lowest BCUT2D eigenvalue weighted by Gasteiger charge is -2.36. The quantitative estimate of drug-likeness (QED) is 0.830. The molecule has 0 aliphatic carbocycles. The molecule has 7 heteroatoms. The van der Waals surface area contributed by atoms with Crippen molar-refractivity contribution in [1.29, 1.82) is 0 Å². The number of carbonyl (C=O) groups is 1. The van der Waals surface area contributed by atoms with E-state index in [9.17, 15) is 4.79 Å². The van der Waals surface area contributed by atoms with Gasteiger partial charge in [0.05, 0.1) is 0 Å². The summed E-state index contributed by atoms with van der Waals surface area (Å²) in [4.78, 5) is 28.0. The van der Waals surface area contributed by atoms with Gasteiger partial charge in [-0.25, -0.2) is 9.97 Å². The van der Waals surface area contributed by atoms with Crippen LogP contribution in [0.5, 0.6) is 0 Å². The first kappa shape index (κ1) is 17.1. The zero-order valence-corrected chi connectivity index (χ0v) is 15.4. The third kappa shape index (κ3) is 3.60. The van der Waals surface area contributed by atoms with Gasteiger partial charge >= 0.3 is 0 Å². The maximum atomic E-state index is 12.8. The second-order valence-electron chi connectivity index (χ2n) is 6.70. The lowest BCUT2D eigenvalue weighted by molar-refractivity contribution is 0.0740. The minimum atomic E-state index is -0.0152. The van der Waals surface area contributed by atoms with Crippen LogP contribution in [0.4, 0.5) is 11.6 Å². The molecule has 136 valence electrons. The summed E-state index contributed by atoms with van der Waals surface area (Å²) in [7, 11) is 0. The van der Waals surface area contributed by atoms with Gasteiger partial charge in [0.25, 0.3) is 5.91 Å². The monoisotopic (exact) mass is 371 g/mol. The predicted molar refractivity (Wildman–Crippen MR) is 103 cm³/mol. The molecule has 0 bridgehead atoms. The second-order valence-corrected chi connectivity index (χ2v) is 7.13. The summed E-state index contributed by atoms with van der Waals surface area (Å²) in [6.07, 6.45) is 4.01. The van der Waals surface area contributed by atoms with E-state index in [0.717, 1.165) is 49.7 Å². The molecule has 2 fully saturated rings. The standard InChI is InChI=1S/C19H22ClN5O/c20-15-4-3-5-16(14-15)23-10-12-24(13-11-23)18(26)17-6-7-21-19(22-17)25-8-1-2-9-25/h3-7,14H,1-2,8-13H2. The maximum absolute atomic E-state index is 12.8. The first-order chi connectivity index (χ1) is 12.7. The summed E-state index contributed by atoms with van der Waals surface area (Å²) in [5.74, 6) is 0.657. The van der Waals surface area contributed by atoms with E-state index in [1.165, 1.54) is 0 Å². The summed E-state index contributed by atoms with van der Waals surface area (Å²) >= 11 is 6.08. The van der Waals surface area contributed by atoms with Crippen molar-refractivity contribution in [2.45, 2.75) is 12.8 Å². The maximum Gasteiger partial charge on any atom is 0.272 e. The summed E-state index contributed by atoms with van der Waals surface area (Å²) in [5.41, 5.74) is 1.58. The lowest BCUT2D eigenvalue weighted by atomic mass is 10.2. The Kier molecular flexibility index (Phi) is 4.93. The second kappa shape index (κ2) is 7.50. The predicted octanol–water partition coefficient (Wildman–Crippen LogP) is 2.69. The molecular formula is C19H22ClN5O. The summed E-state index contributed by atoms with van der Waals surface area (Å²) in [6, 6.07) is 9.56. The summed E-state index contributed by atoms with van der Waals surface area (Å²) in [6.45, 7) is 4.86. The Hall–Kier alpha value is -2.34. The number of rotatable bonds is 3. The normalized spacial score (nSPS) is 17.7. The molecule has 2 saturated heterocycles. The van der Waals surface area contributed by atoms with Crippen molar-refractivity contribution < 1.29 is 4.79 Å². The number of aromatic nitrogens is 2. The van der Waals surface area contributed by atoms with Crippen molar-refractivity contribution in [2.75, 3.05) is 49.1 Å². The summed E-state index contributed by atoms with van der Waals surface area (Å²) < 4.78 is 0. The van der Waals surface area contributed by atoms with E-state index in [1.807, 2.05) is 23.1 Å². The molecule has 1 amide bonds. The van der Waals surface area contributed by atoms with Gasteiger partial charge in [-0.05, 0) is 37.1 Å². The van der Waals surface area contributed by atoms with E-state index in [-0.39, 0.29) is 5.91 Å². The molecule has 0 atom stereocenters. The van der Waals surface area contributed by atoms with E-state index >= 15 is 0 Å². The molecule has 0 spiro atoms. The highest BCUT2D eigenvalue weighted by atomic mass is 35.5. The fourth-order valence-electron chi connectivity index (χ4n) is 3.54. The molecule has 0 N–H and O–H groups in total. The van der Waals surface area contributed by atoms with Gasteiger partial charge < -0.3 is 14.7 Å². The highest BCUT2D eigenvalue weighted by molar-refractivity contribution is 6.30. The van der Waals surface area contributed by atoms with Gasteiger partial charge in [0, 0.05) is 56.2 Å². The first-order valence-electron chi connectivity index (χ1n) is 9.08. The average molecular weight is 372 g/mol. The molecule has 2 aliphatic rings. The number of hydrogen-bond donors (Lipinski definition) is 0. The van der Waals surface area contributed by atoms with Gasteiger partial charge in [0.1, 0.15) is 5.69 Å². The van der Waals surface area contributed by atoms with Crippen LogP contribution < -0.4 is 9.80 Å². The van der Waals surface area contributed by atoms with E-state index in [2.05, 4.69) is 25.8 Å². The molecule has 1 aromatic heterocycles. The Balaban J connectivity index is 1.41. The highest BCUT2D eigenvalue weighted by Gasteiger charge is 2.24. The van der Waals surface area contributed by atoms with Crippen LogP contribution in [-0.4, -0.2) is 60.0 Å². The van der Waals surface area contributed by atoms with Gasteiger partial charge in [0.15, 0.2) is 0 Å². The topological polar surface area (TPSA) is 52.6 Å². The Morgan fingerprint density at radius 1 is 0.962 bits per heavy atom. The number of halogens is 1. The number of nitrogens with zero attached hydrogens (tertiary/aromatic N) is 5. The third-order valence-corrected chi connectivity index (χ3v) is 5.23. The van der Waals surface area contributed by atoms with Gasteiger partial charge in [0.2, 0.25) is 5.95 Å². The van der Waals surface area contributed by atoms with E-state index < -0.39 is 0 Å². The van der Waals surface area contributed by atoms with Crippen molar-refractivity contribution in [3.63, 3.8) is 0 Å². The smallest absolute Gasteiger partial charge is 0.272 e. The lowest BCUT2D eigenvalue weighted by Crippen LogP contribution is -2.49. The number of amides is 1. The van der Waals surface area contributed by atoms with Gasteiger partial charge in [-0.15, -0.1) is 0 Å². The zero-order valence-electron chi connectivity index (χ0n) is 14.6. The summed E-state index contributed by atoms with van der Waals surface area (Å²) in [5, 5.41) is 0.733. The molecular weight excluding hydrogens is 350 g/mol. The SMILES string of the molecule is O=C(c1ccnc(N2CCCC2)n1)N1CCN(c2cccc(Cl)c2)CC1. The van der Waals surface area contributed by atoms with Crippen LogP contribution in [0, 0.1) is 0 Å². The van der Waals surface area contributed by atoms with Crippen LogP contribution in [0.1, 0.15) is 23.3 Å². The van der Waals surface area contributed by atoms with Gasteiger partial charge in [-0.2, -0.15) is 0 Å². The van der Waals surface area contributed by atoms with E-state index in [1.54, 1.807) is 12.3 Å². The molecule has 3 heterocycles. The van der Waals surface area contributed by atoms with Crippen molar-refractivity contribution in [1.82, 2.24) is 14.9 Å². The Morgan fingerprint density at radius 3 is 2.46 bits per heavy atom. The molecule has 6 nitrogen and oxygen atoms in total. The Labute approximate surface area is 158 Å². The van der Waals surface area contributed by atoms with Crippen molar-refractivity contribution in [3.05, 3.63) is 47.2 Å². The van der Waals surface area contributed by atoms with E-state index in [0.29, 0.717) is 24.7 Å². The van der Waals surface area contributed by atoms with Crippen molar-refractivity contribution >= 4 is 29.1 Å². The first-order valence-corrected chi connectivity index (χ1v) is 9.46. The number of anilines is 2. The van der Waals surface area contributed by atoms with Crippen LogP contribution >= 0.6 is 11.6 Å². The molecule has 0 unspecified atom stereocenters. The number of hydrogen-bond acceptors (Lipinski definition) is 5. The van der Waals surface area contributed by atoms with Crippen molar-refractivity contribution in [2.24, 2.45) is 0 Å². The van der Waals surface area contributed by atoms with Crippen LogP contribution in [0.25, 0.3) is 0 Å². The van der Waals surface area contributed by atoms with Crippen LogP contribution in [0.2, 0.25) is 5.02 Å². The molecule has 0 radical (unpaired) electrons. The zero-order chi connectivity index (χ0) is 17.9. The fourth-order valence-corrected chi connectivity index (χ4v) is 3.72. The van der Waals surface area contributed by atoms with Crippen molar-refractivity contribution in [3.8, 4) is 0 Å². The van der Waals surface area contributed by atoms with Gasteiger partial charge in [-0.3, -0.25) is 4.79 Å². The molecule has 4 rings (SSSR count). The Morgan fingerprint density at radius 2 is 1.73 bits per heavy atom. The number of benzene rings is 1. The van der Waals surface area contributed by atoms with Crippen LogP contribution in [0.15, 0.2) is 36.5 Å². The molecule has 26 heavy (non-hydrogen) atoms. The number of carbonyl (C=O) groups excluding carboxylic acids is 1. The molecule has 2 aromatic rings. The minimum Gasteiger partial charge on any atom is -0.368 e. The molecule has 2 aliphatic heterocycles.